The van der Waals surface area contributed by atoms with Crippen LogP contribution in [-0.2, 0) is 0 Å². The third-order valence-corrected chi connectivity index (χ3v) is 3.65. The van der Waals surface area contributed by atoms with Gasteiger partial charge in [0.2, 0.25) is 0 Å². The number of anilines is 1. The summed E-state index contributed by atoms with van der Waals surface area (Å²) in [7, 11) is 0. The fraction of sp³-hybridized carbons (Fsp3) is 0.385. The van der Waals surface area contributed by atoms with Gasteiger partial charge in [-0.25, -0.2) is 9.78 Å². The fourth-order valence-corrected chi connectivity index (χ4v) is 2.81. The molecule has 0 aromatic carbocycles. The normalized spacial score (nSPS) is 16.4. The monoisotopic (exact) mass is 245 g/mol. The van der Waals surface area contributed by atoms with Crippen molar-refractivity contribution in [3.8, 4) is 0 Å². The Morgan fingerprint density at radius 3 is 2.83 bits per heavy atom. The first-order valence-corrected chi connectivity index (χ1v) is 6.18. The molecular formula is C13H15N3O2. The molecule has 0 aliphatic heterocycles. The molecule has 2 aromatic rings. The van der Waals surface area contributed by atoms with Crippen LogP contribution in [0.15, 0.2) is 18.3 Å². The van der Waals surface area contributed by atoms with Gasteiger partial charge in [0.25, 0.3) is 0 Å². The average Bonchev–Trinajstić information content (AvgIpc) is 2.95. The zero-order valence-corrected chi connectivity index (χ0v) is 9.97. The van der Waals surface area contributed by atoms with E-state index in [2.05, 4.69) is 4.98 Å². The second-order valence-corrected chi connectivity index (χ2v) is 4.79. The molecule has 0 saturated heterocycles. The molecule has 0 bridgehead atoms. The molecule has 2 aromatic heterocycles. The largest absolute Gasteiger partial charge is 0.476 e. The number of hydrogen-bond acceptors (Lipinski definition) is 3. The molecule has 0 unspecified atom stereocenters. The van der Waals surface area contributed by atoms with Crippen molar-refractivity contribution >= 4 is 17.2 Å². The Kier molecular flexibility index (Phi) is 2.47. The topological polar surface area (TPSA) is 80.6 Å². The molecule has 5 nitrogen and oxygen atoms in total. The summed E-state index contributed by atoms with van der Waals surface area (Å²) in [5, 5.41) is 9.23. The Morgan fingerprint density at radius 2 is 2.17 bits per heavy atom. The van der Waals surface area contributed by atoms with Gasteiger partial charge in [0.05, 0.1) is 5.69 Å². The molecule has 0 spiro atoms. The maximum absolute atomic E-state index is 11.3. The van der Waals surface area contributed by atoms with Crippen molar-refractivity contribution in [2.75, 3.05) is 5.73 Å². The zero-order valence-electron chi connectivity index (χ0n) is 9.97. The molecule has 1 saturated carbocycles. The highest BCUT2D eigenvalue weighted by Gasteiger charge is 2.26. The number of carboxylic acids is 1. The SMILES string of the molecule is Nc1cccn2c(C3CCCC3)nc(C(=O)O)c12. The molecule has 3 rings (SSSR count). The number of imidazole rings is 1. The van der Waals surface area contributed by atoms with Crippen LogP contribution in [0.5, 0.6) is 0 Å². The van der Waals surface area contributed by atoms with Gasteiger partial charge in [-0.2, -0.15) is 0 Å². The number of pyridine rings is 1. The van der Waals surface area contributed by atoms with E-state index in [1.165, 1.54) is 12.8 Å². The smallest absolute Gasteiger partial charge is 0.356 e. The van der Waals surface area contributed by atoms with Crippen LogP contribution in [0.4, 0.5) is 5.69 Å². The number of nitrogens with two attached hydrogens (primary N) is 1. The Hall–Kier alpha value is -2.04. The standard InChI is InChI=1S/C13H15N3O2/c14-9-6-3-7-16-11(9)10(13(17)18)15-12(16)8-4-1-2-5-8/h3,6-8H,1-2,4-5,14H2,(H,17,18). The lowest BCUT2D eigenvalue weighted by Gasteiger charge is -2.07. The predicted octanol–water partition coefficient (Wildman–Crippen LogP) is 2.27. The van der Waals surface area contributed by atoms with E-state index in [-0.39, 0.29) is 5.69 Å². The van der Waals surface area contributed by atoms with Crippen LogP contribution in [0.2, 0.25) is 0 Å². The minimum Gasteiger partial charge on any atom is -0.476 e. The van der Waals surface area contributed by atoms with Crippen LogP contribution in [0.3, 0.4) is 0 Å². The first-order valence-electron chi connectivity index (χ1n) is 6.18. The Morgan fingerprint density at radius 1 is 1.44 bits per heavy atom. The summed E-state index contributed by atoms with van der Waals surface area (Å²) in [6, 6.07) is 3.54. The molecule has 0 radical (unpaired) electrons. The van der Waals surface area contributed by atoms with Crippen LogP contribution in [0.1, 0.15) is 47.9 Å². The first-order chi connectivity index (χ1) is 8.68. The van der Waals surface area contributed by atoms with Crippen LogP contribution in [-0.4, -0.2) is 20.5 Å². The predicted molar refractivity (Wildman–Crippen MR) is 67.8 cm³/mol. The van der Waals surface area contributed by atoms with E-state index in [9.17, 15) is 9.90 Å². The van der Waals surface area contributed by atoms with Crippen LogP contribution >= 0.6 is 0 Å². The number of carbonyl (C=O) groups is 1. The van der Waals surface area contributed by atoms with Crippen LogP contribution < -0.4 is 5.73 Å². The quantitative estimate of drug-likeness (QED) is 0.850. The maximum atomic E-state index is 11.3. The van der Waals surface area contributed by atoms with Gasteiger partial charge >= 0.3 is 5.97 Å². The molecular weight excluding hydrogens is 230 g/mol. The number of hydrogen-bond donors (Lipinski definition) is 2. The highest BCUT2D eigenvalue weighted by molar-refractivity contribution is 5.97. The number of rotatable bonds is 2. The molecule has 2 heterocycles. The summed E-state index contributed by atoms with van der Waals surface area (Å²) in [5.74, 6) is 0.175. The second-order valence-electron chi connectivity index (χ2n) is 4.79. The van der Waals surface area contributed by atoms with E-state index < -0.39 is 5.97 Å². The minimum absolute atomic E-state index is 0.0648. The summed E-state index contributed by atoms with van der Waals surface area (Å²) in [5.41, 5.74) is 6.93. The summed E-state index contributed by atoms with van der Waals surface area (Å²) in [6.07, 6.45) is 6.37. The molecule has 0 amide bonds. The van der Waals surface area contributed by atoms with Gasteiger partial charge in [-0.15, -0.1) is 0 Å². The molecule has 0 atom stereocenters. The van der Waals surface area contributed by atoms with Crippen molar-refractivity contribution in [2.45, 2.75) is 31.6 Å². The van der Waals surface area contributed by atoms with E-state index in [0.717, 1.165) is 18.7 Å². The van der Waals surface area contributed by atoms with E-state index in [1.54, 1.807) is 6.07 Å². The van der Waals surface area contributed by atoms with Gasteiger partial charge in [0.15, 0.2) is 5.69 Å². The van der Waals surface area contributed by atoms with Gasteiger partial charge in [-0.3, -0.25) is 0 Å². The molecule has 1 aliphatic carbocycles. The van der Waals surface area contributed by atoms with Gasteiger partial charge < -0.3 is 15.2 Å². The summed E-state index contributed by atoms with van der Waals surface area (Å²) >= 11 is 0. The Labute approximate surface area is 104 Å². The van der Waals surface area contributed by atoms with Gasteiger partial charge in [-0.05, 0) is 25.0 Å². The average molecular weight is 245 g/mol. The number of nitrogen functional groups attached to an aromatic ring is 1. The van der Waals surface area contributed by atoms with E-state index >= 15 is 0 Å². The Bertz CT molecular complexity index is 612. The molecule has 3 N–H and O–H groups in total. The third kappa shape index (κ3) is 1.54. The molecule has 18 heavy (non-hydrogen) atoms. The highest BCUT2D eigenvalue weighted by Crippen LogP contribution is 2.35. The second kappa shape index (κ2) is 4.01. The number of aromatic nitrogens is 2. The Balaban J connectivity index is 2.26. The summed E-state index contributed by atoms with van der Waals surface area (Å²) < 4.78 is 1.84. The van der Waals surface area contributed by atoms with Gasteiger partial charge in [-0.1, -0.05) is 12.8 Å². The number of aromatic carboxylic acids is 1. The lowest BCUT2D eigenvalue weighted by molar-refractivity contribution is 0.0693. The molecule has 94 valence electrons. The zero-order chi connectivity index (χ0) is 12.7. The summed E-state index contributed by atoms with van der Waals surface area (Å²) in [4.78, 5) is 15.6. The van der Waals surface area contributed by atoms with Crippen molar-refractivity contribution in [3.05, 3.63) is 29.8 Å². The van der Waals surface area contributed by atoms with E-state index in [1.807, 2.05) is 16.7 Å². The lowest BCUT2D eigenvalue weighted by Crippen LogP contribution is -2.00. The van der Waals surface area contributed by atoms with Crippen LogP contribution in [0.25, 0.3) is 5.52 Å². The van der Waals surface area contributed by atoms with Crippen molar-refractivity contribution in [2.24, 2.45) is 0 Å². The van der Waals surface area contributed by atoms with Crippen molar-refractivity contribution in [3.63, 3.8) is 0 Å². The van der Waals surface area contributed by atoms with Gasteiger partial charge in [0.1, 0.15) is 11.3 Å². The molecule has 5 heteroatoms. The summed E-state index contributed by atoms with van der Waals surface area (Å²) in [6.45, 7) is 0. The van der Waals surface area contributed by atoms with Gasteiger partial charge in [0, 0.05) is 12.1 Å². The number of nitrogens with zero attached hydrogens (tertiary/aromatic N) is 2. The molecule has 1 fully saturated rings. The molecule has 1 aliphatic rings. The number of fused-ring (bicyclic) bond motifs is 1. The van der Waals surface area contributed by atoms with E-state index in [0.29, 0.717) is 17.1 Å². The highest BCUT2D eigenvalue weighted by atomic mass is 16.4. The van der Waals surface area contributed by atoms with Crippen molar-refractivity contribution in [1.82, 2.24) is 9.38 Å². The fourth-order valence-electron chi connectivity index (χ4n) is 2.81. The van der Waals surface area contributed by atoms with Crippen molar-refractivity contribution < 1.29 is 9.90 Å². The third-order valence-electron chi connectivity index (χ3n) is 3.65. The number of carboxylic acid groups (broad SMARTS) is 1. The minimum atomic E-state index is -1.02. The van der Waals surface area contributed by atoms with Crippen LogP contribution in [0, 0.1) is 0 Å². The van der Waals surface area contributed by atoms with E-state index in [4.69, 9.17) is 5.73 Å². The first kappa shape index (κ1) is 11.1. The lowest BCUT2D eigenvalue weighted by atomic mass is 10.1. The van der Waals surface area contributed by atoms with Crippen molar-refractivity contribution in [1.29, 1.82) is 0 Å². The maximum Gasteiger partial charge on any atom is 0.356 e.